The summed E-state index contributed by atoms with van der Waals surface area (Å²) >= 11 is 7.74. The fourth-order valence-electron chi connectivity index (χ4n) is 0.976. The third-order valence-corrected chi connectivity index (χ3v) is 3.09. The maximum atomic E-state index is 13.9. The molecule has 0 aliphatic carbocycles. The van der Waals surface area contributed by atoms with Crippen LogP contribution in [-0.2, 0) is 0 Å². The number of likely N-dealkylation sites (N-methyl/N-ethyl adjacent to an activating group) is 2. The van der Waals surface area contributed by atoms with Gasteiger partial charge in [0.2, 0.25) is 0 Å². The zero-order valence-corrected chi connectivity index (χ0v) is 10.8. The Morgan fingerprint density at radius 3 is 1.87 bits per heavy atom. The van der Waals surface area contributed by atoms with Crippen LogP contribution in [0.5, 0.6) is 0 Å². The van der Waals surface area contributed by atoms with Gasteiger partial charge in [0.25, 0.3) is 0 Å². The second-order valence-corrected chi connectivity index (χ2v) is 4.01. The molecule has 0 saturated heterocycles. The van der Waals surface area contributed by atoms with Crippen molar-refractivity contribution in [3.8, 4) is 0 Å². The van der Waals surface area contributed by atoms with Crippen LogP contribution >= 0.6 is 25.3 Å². The number of alkyl halides is 2. The number of thiol groups is 2. The Bertz CT molecular complexity index is 181. The molecule has 0 saturated carbocycles. The summed E-state index contributed by atoms with van der Waals surface area (Å²) in [5.74, 6) is -3.48. The number of hydrogen-bond donors (Lipinski definition) is 5. The highest BCUT2D eigenvalue weighted by molar-refractivity contribution is 7.80. The molecule has 0 heterocycles. The van der Waals surface area contributed by atoms with Crippen LogP contribution in [0.3, 0.4) is 0 Å². The Labute approximate surface area is 101 Å². The third-order valence-electron chi connectivity index (χ3n) is 2.09. The van der Waals surface area contributed by atoms with Crippen LogP contribution in [0.4, 0.5) is 8.78 Å². The highest BCUT2D eigenvalue weighted by Crippen LogP contribution is 2.12. The monoisotopic (exact) mass is 259 g/mol. The molecule has 3 N–H and O–H groups in total. The summed E-state index contributed by atoms with van der Waals surface area (Å²) in [6, 6.07) is 0. The summed E-state index contributed by atoms with van der Waals surface area (Å²) < 4.78 is 27.5. The van der Waals surface area contributed by atoms with Gasteiger partial charge in [-0.05, 0) is 14.1 Å². The molecule has 92 valence electrons. The standard InChI is InChI=1S/C8H19F2N3S2/c1-11-3-8(10,6-15)13-4-7(9,5-14)12-2/h11-15H,3-6H2,1-2H3/t7-,8-/m1/s1. The number of hydrogen-bond acceptors (Lipinski definition) is 5. The minimum atomic E-state index is -1.71. The molecular formula is C8H19F2N3S2. The van der Waals surface area contributed by atoms with Gasteiger partial charge in [-0.15, -0.1) is 0 Å². The second kappa shape index (κ2) is 6.90. The van der Waals surface area contributed by atoms with Crippen molar-refractivity contribution in [2.45, 2.75) is 11.6 Å². The zero-order valence-electron chi connectivity index (χ0n) is 8.98. The smallest absolute Gasteiger partial charge is 0.183 e. The lowest BCUT2D eigenvalue weighted by molar-refractivity contribution is 0.0870. The van der Waals surface area contributed by atoms with Crippen molar-refractivity contribution in [3.05, 3.63) is 0 Å². The molecule has 0 aromatic rings. The van der Waals surface area contributed by atoms with Gasteiger partial charge in [-0.25, -0.2) is 8.78 Å². The van der Waals surface area contributed by atoms with Crippen LogP contribution in [0.25, 0.3) is 0 Å². The van der Waals surface area contributed by atoms with Gasteiger partial charge in [0.15, 0.2) is 11.6 Å². The molecule has 7 heteroatoms. The number of rotatable bonds is 8. The first-order valence-electron chi connectivity index (χ1n) is 4.63. The Kier molecular flexibility index (Phi) is 7.10. The first-order chi connectivity index (χ1) is 6.95. The molecule has 0 radical (unpaired) electrons. The number of nitrogens with one attached hydrogen (secondary N) is 3. The van der Waals surface area contributed by atoms with E-state index in [-0.39, 0.29) is 24.6 Å². The van der Waals surface area contributed by atoms with E-state index >= 15 is 0 Å². The molecule has 2 atom stereocenters. The Balaban J connectivity index is 4.20. The average Bonchev–Trinajstić information content (AvgIpc) is 2.26. The molecule has 15 heavy (non-hydrogen) atoms. The highest BCUT2D eigenvalue weighted by Gasteiger charge is 2.32. The second-order valence-electron chi connectivity index (χ2n) is 3.38. The molecule has 0 aliphatic rings. The lowest BCUT2D eigenvalue weighted by Crippen LogP contribution is -2.58. The predicted molar refractivity (Wildman–Crippen MR) is 66.4 cm³/mol. The topological polar surface area (TPSA) is 36.1 Å². The SMILES string of the molecule is CNC[C@](F)(CS)NC[C@](F)(CS)NC. The van der Waals surface area contributed by atoms with Crippen LogP contribution in [0.15, 0.2) is 0 Å². The first kappa shape index (κ1) is 15.4. The molecule has 0 bridgehead atoms. The Morgan fingerprint density at radius 2 is 1.53 bits per heavy atom. The maximum Gasteiger partial charge on any atom is 0.183 e. The zero-order chi connectivity index (χ0) is 11.9. The van der Waals surface area contributed by atoms with Gasteiger partial charge in [0.05, 0.1) is 0 Å². The largest absolute Gasteiger partial charge is 0.315 e. The van der Waals surface area contributed by atoms with Crippen molar-refractivity contribution in [1.82, 2.24) is 16.0 Å². The fourth-order valence-corrected chi connectivity index (χ4v) is 1.47. The quantitative estimate of drug-likeness (QED) is 0.319. The van der Waals surface area contributed by atoms with Crippen molar-refractivity contribution in [2.75, 3.05) is 38.7 Å². The molecule has 0 amide bonds. The molecule has 0 aliphatic heterocycles. The lowest BCUT2D eigenvalue weighted by Gasteiger charge is -2.30. The van der Waals surface area contributed by atoms with E-state index in [2.05, 4.69) is 41.2 Å². The third kappa shape index (κ3) is 5.35. The van der Waals surface area contributed by atoms with E-state index in [0.717, 1.165) is 0 Å². The fraction of sp³-hybridized carbons (Fsp3) is 1.00. The summed E-state index contributed by atoms with van der Waals surface area (Å²) in [5.41, 5.74) is 0. The van der Waals surface area contributed by atoms with Crippen LogP contribution in [-0.4, -0.2) is 50.3 Å². The Hall–Kier alpha value is 0.440. The molecule has 3 nitrogen and oxygen atoms in total. The van der Waals surface area contributed by atoms with Gasteiger partial charge in [0.1, 0.15) is 0 Å². The molecule has 0 spiro atoms. The summed E-state index contributed by atoms with van der Waals surface area (Å²) in [5, 5.41) is 7.63. The molecular weight excluding hydrogens is 240 g/mol. The maximum absolute atomic E-state index is 13.9. The van der Waals surface area contributed by atoms with Gasteiger partial charge < -0.3 is 5.32 Å². The van der Waals surface area contributed by atoms with Crippen molar-refractivity contribution < 1.29 is 8.78 Å². The van der Waals surface area contributed by atoms with E-state index in [1.165, 1.54) is 7.05 Å². The summed E-state index contributed by atoms with van der Waals surface area (Å²) in [7, 11) is 3.09. The van der Waals surface area contributed by atoms with E-state index in [1.54, 1.807) is 7.05 Å². The molecule has 0 aromatic heterocycles. The van der Waals surface area contributed by atoms with Gasteiger partial charge in [-0.2, -0.15) is 25.3 Å². The lowest BCUT2D eigenvalue weighted by atomic mass is 10.2. The summed E-state index contributed by atoms with van der Waals surface area (Å²) in [4.78, 5) is 0. The van der Waals surface area contributed by atoms with Gasteiger partial charge >= 0.3 is 0 Å². The van der Waals surface area contributed by atoms with E-state index < -0.39 is 11.6 Å². The molecule has 0 rings (SSSR count). The van der Waals surface area contributed by atoms with Gasteiger partial charge in [-0.3, -0.25) is 10.6 Å². The van der Waals surface area contributed by atoms with Crippen LogP contribution in [0.2, 0.25) is 0 Å². The minimum Gasteiger partial charge on any atom is -0.315 e. The summed E-state index contributed by atoms with van der Waals surface area (Å²) in [6.07, 6.45) is 0. The number of halogens is 2. The predicted octanol–water partition coefficient (Wildman–Crippen LogP) is 0.206. The van der Waals surface area contributed by atoms with E-state index in [0.29, 0.717) is 0 Å². The van der Waals surface area contributed by atoms with E-state index in [4.69, 9.17) is 0 Å². The molecule has 0 aromatic carbocycles. The van der Waals surface area contributed by atoms with E-state index in [1.807, 2.05) is 0 Å². The van der Waals surface area contributed by atoms with Crippen molar-refractivity contribution in [2.24, 2.45) is 0 Å². The van der Waals surface area contributed by atoms with Crippen molar-refractivity contribution in [1.29, 1.82) is 0 Å². The van der Waals surface area contributed by atoms with Crippen LogP contribution < -0.4 is 16.0 Å². The molecule has 0 fully saturated rings. The van der Waals surface area contributed by atoms with Gasteiger partial charge in [0, 0.05) is 24.6 Å². The first-order valence-corrected chi connectivity index (χ1v) is 5.90. The Morgan fingerprint density at radius 1 is 1.00 bits per heavy atom. The van der Waals surface area contributed by atoms with E-state index in [9.17, 15) is 8.78 Å². The average molecular weight is 259 g/mol. The van der Waals surface area contributed by atoms with Gasteiger partial charge in [-0.1, -0.05) is 0 Å². The minimum absolute atomic E-state index is 0.0276. The van der Waals surface area contributed by atoms with Crippen molar-refractivity contribution in [3.63, 3.8) is 0 Å². The summed E-state index contributed by atoms with van der Waals surface area (Å²) in [6.45, 7) is -0.0887. The molecule has 0 unspecified atom stereocenters. The highest BCUT2D eigenvalue weighted by atomic mass is 32.1. The normalized spacial score (nSPS) is 19.6. The van der Waals surface area contributed by atoms with Crippen molar-refractivity contribution >= 4 is 25.3 Å². The van der Waals surface area contributed by atoms with Crippen LogP contribution in [0.1, 0.15) is 0 Å². The van der Waals surface area contributed by atoms with Crippen LogP contribution in [0, 0.1) is 0 Å².